The maximum absolute atomic E-state index is 5.86. The van der Waals surface area contributed by atoms with Crippen LogP contribution in [-0.4, -0.2) is 19.0 Å². The molecule has 4 heteroatoms. The van der Waals surface area contributed by atoms with E-state index in [1.807, 2.05) is 0 Å². The Hall–Kier alpha value is -0.780. The van der Waals surface area contributed by atoms with Gasteiger partial charge < -0.3 is 11.1 Å². The summed E-state index contributed by atoms with van der Waals surface area (Å²) in [7, 11) is 0. The van der Waals surface area contributed by atoms with Gasteiger partial charge in [-0.2, -0.15) is 0 Å². The number of nitrogens with one attached hydrogen (secondary N) is 1. The first kappa shape index (κ1) is 19.2. The van der Waals surface area contributed by atoms with E-state index < -0.39 is 0 Å². The van der Waals surface area contributed by atoms with Crippen molar-refractivity contribution in [2.24, 2.45) is 10.7 Å². The van der Waals surface area contributed by atoms with Crippen molar-refractivity contribution >= 4 is 29.9 Å². The summed E-state index contributed by atoms with van der Waals surface area (Å²) in [5, 5.41) is 3.14. The zero-order valence-electron chi connectivity index (χ0n) is 13.1. The number of benzene rings is 1. The second kappa shape index (κ2) is 9.21. The van der Waals surface area contributed by atoms with Gasteiger partial charge in [0.25, 0.3) is 0 Å². The predicted octanol–water partition coefficient (Wildman–Crippen LogP) is 3.60. The molecule has 0 heterocycles. The summed E-state index contributed by atoms with van der Waals surface area (Å²) in [6.45, 7) is 10.2. The highest BCUT2D eigenvalue weighted by molar-refractivity contribution is 14.0. The highest BCUT2D eigenvalue weighted by Gasteiger charge is 2.19. The lowest BCUT2D eigenvalue weighted by Gasteiger charge is -2.23. The molecule has 20 heavy (non-hydrogen) atoms. The zero-order chi connectivity index (χ0) is 14.3. The van der Waals surface area contributed by atoms with E-state index in [1.165, 1.54) is 11.1 Å². The number of aryl methyl sites for hydroxylation is 1. The van der Waals surface area contributed by atoms with Crippen molar-refractivity contribution in [1.29, 1.82) is 0 Å². The van der Waals surface area contributed by atoms with Crippen molar-refractivity contribution in [3.05, 3.63) is 35.4 Å². The molecule has 0 fully saturated rings. The molecule has 1 aromatic rings. The molecule has 0 saturated carbocycles. The van der Waals surface area contributed by atoms with Crippen LogP contribution in [0.3, 0.4) is 0 Å². The van der Waals surface area contributed by atoms with E-state index in [9.17, 15) is 0 Å². The summed E-state index contributed by atoms with van der Waals surface area (Å²) in [6, 6.07) is 8.63. The van der Waals surface area contributed by atoms with Crippen molar-refractivity contribution in [3.63, 3.8) is 0 Å². The molecule has 0 spiro atoms. The van der Waals surface area contributed by atoms with E-state index in [1.54, 1.807) is 0 Å². The van der Waals surface area contributed by atoms with Gasteiger partial charge in [0, 0.05) is 12.0 Å². The van der Waals surface area contributed by atoms with Gasteiger partial charge in [0.05, 0.1) is 6.54 Å². The maximum Gasteiger partial charge on any atom is 0.188 e. The van der Waals surface area contributed by atoms with E-state index in [4.69, 9.17) is 5.73 Å². The quantitative estimate of drug-likeness (QED) is 0.338. The summed E-state index contributed by atoms with van der Waals surface area (Å²) in [4.78, 5) is 4.45. The van der Waals surface area contributed by atoms with E-state index in [0.29, 0.717) is 12.5 Å². The molecule has 3 N–H and O–H groups in total. The molecule has 0 bridgehead atoms. The second-order valence-corrected chi connectivity index (χ2v) is 5.73. The molecule has 0 aromatic heterocycles. The Morgan fingerprint density at radius 3 is 2.40 bits per heavy atom. The predicted molar refractivity (Wildman–Crippen MR) is 99.0 cm³/mol. The van der Waals surface area contributed by atoms with Gasteiger partial charge in [-0.15, -0.1) is 24.0 Å². The molecule has 0 atom stereocenters. The number of halogens is 1. The fourth-order valence-electron chi connectivity index (χ4n) is 1.83. The van der Waals surface area contributed by atoms with E-state index in [0.717, 1.165) is 19.4 Å². The van der Waals surface area contributed by atoms with Crippen LogP contribution in [0.25, 0.3) is 0 Å². The Morgan fingerprint density at radius 1 is 1.25 bits per heavy atom. The lowest BCUT2D eigenvalue weighted by Crippen LogP contribution is -2.34. The van der Waals surface area contributed by atoms with Crippen LogP contribution in [0.2, 0.25) is 0 Å². The second-order valence-electron chi connectivity index (χ2n) is 5.73. The van der Waals surface area contributed by atoms with Gasteiger partial charge in [-0.05, 0) is 18.9 Å². The molecular formula is C16H28IN3. The van der Waals surface area contributed by atoms with Crippen LogP contribution in [0.1, 0.15) is 44.7 Å². The molecule has 0 aliphatic rings. The Balaban J connectivity index is 0.00000361. The zero-order valence-corrected chi connectivity index (χ0v) is 15.4. The SMILES string of the molecule is CCCCNC(N)=NCC(C)(C)c1ccc(C)cc1.I. The highest BCUT2D eigenvalue weighted by Crippen LogP contribution is 2.23. The van der Waals surface area contributed by atoms with Crippen molar-refractivity contribution < 1.29 is 0 Å². The third-order valence-electron chi connectivity index (χ3n) is 3.31. The first-order chi connectivity index (χ1) is 8.95. The molecule has 3 nitrogen and oxygen atoms in total. The van der Waals surface area contributed by atoms with Gasteiger partial charge in [-0.1, -0.05) is 57.0 Å². The van der Waals surface area contributed by atoms with Crippen molar-refractivity contribution in [2.75, 3.05) is 13.1 Å². The number of guanidine groups is 1. The lowest BCUT2D eigenvalue weighted by molar-refractivity contribution is 0.538. The van der Waals surface area contributed by atoms with Crippen LogP contribution >= 0.6 is 24.0 Å². The topological polar surface area (TPSA) is 50.4 Å². The lowest BCUT2D eigenvalue weighted by atomic mass is 9.84. The average molecular weight is 389 g/mol. The summed E-state index contributed by atoms with van der Waals surface area (Å²) in [5.74, 6) is 0.550. The molecule has 0 saturated heterocycles. The minimum absolute atomic E-state index is 0. The Labute approximate surface area is 140 Å². The average Bonchev–Trinajstić information content (AvgIpc) is 2.37. The van der Waals surface area contributed by atoms with Crippen molar-refractivity contribution in [2.45, 2.75) is 46.0 Å². The molecule has 1 rings (SSSR count). The number of rotatable bonds is 6. The summed E-state index contributed by atoms with van der Waals surface area (Å²) >= 11 is 0. The largest absolute Gasteiger partial charge is 0.370 e. The van der Waals surface area contributed by atoms with Crippen LogP contribution in [-0.2, 0) is 5.41 Å². The standard InChI is InChI=1S/C16H27N3.HI/c1-5-6-11-18-15(17)19-12-16(3,4)14-9-7-13(2)8-10-14;/h7-10H,5-6,11-12H2,1-4H3,(H3,17,18,19);1H. The van der Waals surface area contributed by atoms with E-state index in [2.05, 4.69) is 62.3 Å². The third-order valence-corrected chi connectivity index (χ3v) is 3.31. The van der Waals surface area contributed by atoms with Crippen molar-refractivity contribution in [1.82, 2.24) is 5.32 Å². The maximum atomic E-state index is 5.86. The molecule has 0 aliphatic carbocycles. The highest BCUT2D eigenvalue weighted by atomic mass is 127. The van der Waals surface area contributed by atoms with Crippen LogP contribution in [0.15, 0.2) is 29.3 Å². The monoisotopic (exact) mass is 389 g/mol. The van der Waals surface area contributed by atoms with Crippen LogP contribution in [0.5, 0.6) is 0 Å². The van der Waals surface area contributed by atoms with Gasteiger partial charge in [0.1, 0.15) is 0 Å². The molecular weight excluding hydrogens is 361 g/mol. The Morgan fingerprint density at radius 2 is 1.85 bits per heavy atom. The summed E-state index contributed by atoms with van der Waals surface area (Å²) in [6.07, 6.45) is 2.28. The number of hydrogen-bond donors (Lipinski definition) is 2. The van der Waals surface area contributed by atoms with Crippen LogP contribution in [0, 0.1) is 6.92 Å². The molecule has 1 aromatic carbocycles. The van der Waals surface area contributed by atoms with Gasteiger partial charge >= 0.3 is 0 Å². The fraction of sp³-hybridized carbons (Fsp3) is 0.562. The normalized spacial score (nSPS) is 11.9. The minimum Gasteiger partial charge on any atom is -0.370 e. The number of unbranched alkanes of at least 4 members (excludes halogenated alkanes) is 1. The molecule has 0 radical (unpaired) electrons. The van der Waals surface area contributed by atoms with Gasteiger partial charge in [-0.3, -0.25) is 4.99 Å². The summed E-state index contributed by atoms with van der Waals surface area (Å²) < 4.78 is 0. The first-order valence-corrected chi connectivity index (χ1v) is 7.06. The number of aliphatic imine (C=N–C) groups is 1. The number of hydrogen-bond acceptors (Lipinski definition) is 1. The van der Waals surface area contributed by atoms with Crippen LogP contribution < -0.4 is 11.1 Å². The molecule has 114 valence electrons. The molecule has 0 unspecified atom stereocenters. The van der Waals surface area contributed by atoms with Crippen LogP contribution in [0.4, 0.5) is 0 Å². The number of nitrogens with zero attached hydrogens (tertiary/aromatic N) is 1. The van der Waals surface area contributed by atoms with E-state index >= 15 is 0 Å². The van der Waals surface area contributed by atoms with Crippen molar-refractivity contribution in [3.8, 4) is 0 Å². The van der Waals surface area contributed by atoms with E-state index in [-0.39, 0.29) is 29.4 Å². The van der Waals surface area contributed by atoms with Gasteiger partial charge in [0.15, 0.2) is 5.96 Å². The molecule has 0 amide bonds. The Kier molecular flexibility index (Phi) is 8.85. The smallest absolute Gasteiger partial charge is 0.188 e. The number of nitrogens with two attached hydrogens (primary N) is 1. The fourth-order valence-corrected chi connectivity index (χ4v) is 1.83. The first-order valence-electron chi connectivity index (χ1n) is 7.06. The minimum atomic E-state index is 0. The van der Waals surface area contributed by atoms with Gasteiger partial charge in [0.2, 0.25) is 0 Å². The molecule has 0 aliphatic heterocycles. The third kappa shape index (κ3) is 6.59. The summed E-state index contributed by atoms with van der Waals surface area (Å²) in [5.41, 5.74) is 8.44. The Bertz CT molecular complexity index is 410. The van der Waals surface area contributed by atoms with Gasteiger partial charge in [-0.25, -0.2) is 0 Å².